The van der Waals surface area contributed by atoms with Crippen LogP contribution in [0, 0.1) is 0 Å². The van der Waals surface area contributed by atoms with E-state index in [1.807, 2.05) is 32.6 Å². The SMILES string of the molecule is CC(OC(=O)c1cncnc1)N1CCN(C(=O)OC(C)(C)C)CC1. The molecule has 0 spiro atoms. The van der Waals surface area contributed by atoms with Crippen LogP contribution in [0.15, 0.2) is 18.7 Å². The molecule has 1 unspecified atom stereocenters. The first-order chi connectivity index (χ1) is 11.3. The van der Waals surface area contributed by atoms with Gasteiger partial charge in [0.15, 0.2) is 6.23 Å². The van der Waals surface area contributed by atoms with E-state index in [2.05, 4.69) is 9.97 Å². The van der Waals surface area contributed by atoms with Gasteiger partial charge in [0.25, 0.3) is 0 Å². The summed E-state index contributed by atoms with van der Waals surface area (Å²) in [4.78, 5) is 35.3. The van der Waals surface area contributed by atoms with Crippen molar-refractivity contribution in [1.82, 2.24) is 19.8 Å². The minimum Gasteiger partial charge on any atom is -0.444 e. The molecular formula is C16H24N4O4. The maximum Gasteiger partial charge on any atom is 0.410 e. The van der Waals surface area contributed by atoms with Gasteiger partial charge in [-0.1, -0.05) is 0 Å². The van der Waals surface area contributed by atoms with E-state index in [4.69, 9.17) is 9.47 Å². The molecule has 0 radical (unpaired) electrons. The Labute approximate surface area is 141 Å². The lowest BCUT2D eigenvalue weighted by molar-refractivity contribution is -0.0444. The average Bonchev–Trinajstić information content (AvgIpc) is 2.54. The van der Waals surface area contributed by atoms with E-state index in [9.17, 15) is 9.59 Å². The van der Waals surface area contributed by atoms with Gasteiger partial charge in [-0.05, 0) is 27.7 Å². The maximum absolute atomic E-state index is 12.0. The van der Waals surface area contributed by atoms with Gasteiger partial charge in [0.1, 0.15) is 11.9 Å². The Hall–Kier alpha value is -2.22. The number of amides is 1. The minimum absolute atomic E-state index is 0.312. The molecule has 24 heavy (non-hydrogen) atoms. The van der Waals surface area contributed by atoms with E-state index in [-0.39, 0.29) is 6.09 Å². The molecule has 0 saturated carbocycles. The third-order valence-electron chi connectivity index (χ3n) is 3.55. The molecule has 2 heterocycles. The Morgan fingerprint density at radius 1 is 1.12 bits per heavy atom. The number of carbonyl (C=O) groups is 2. The highest BCUT2D eigenvalue weighted by Crippen LogP contribution is 2.14. The largest absolute Gasteiger partial charge is 0.444 e. The predicted molar refractivity (Wildman–Crippen MR) is 86.3 cm³/mol. The summed E-state index contributed by atoms with van der Waals surface area (Å²) in [5.74, 6) is -0.460. The Kier molecular flexibility index (Phi) is 5.71. The summed E-state index contributed by atoms with van der Waals surface area (Å²) in [6, 6.07) is 0. The van der Waals surface area contributed by atoms with E-state index >= 15 is 0 Å². The van der Waals surface area contributed by atoms with Crippen molar-refractivity contribution < 1.29 is 19.1 Å². The third-order valence-corrected chi connectivity index (χ3v) is 3.55. The fourth-order valence-corrected chi connectivity index (χ4v) is 2.30. The van der Waals surface area contributed by atoms with Gasteiger partial charge in [-0.2, -0.15) is 0 Å². The molecule has 2 rings (SSSR count). The van der Waals surface area contributed by atoms with Crippen LogP contribution in [-0.2, 0) is 9.47 Å². The lowest BCUT2D eigenvalue weighted by Crippen LogP contribution is -2.53. The van der Waals surface area contributed by atoms with Gasteiger partial charge in [-0.3, -0.25) is 4.90 Å². The van der Waals surface area contributed by atoms with Gasteiger partial charge >= 0.3 is 12.1 Å². The number of carbonyl (C=O) groups excluding carboxylic acids is 2. The van der Waals surface area contributed by atoms with E-state index in [1.54, 1.807) is 4.90 Å². The molecule has 1 aliphatic heterocycles. The Morgan fingerprint density at radius 2 is 1.71 bits per heavy atom. The second-order valence-corrected chi connectivity index (χ2v) is 6.64. The highest BCUT2D eigenvalue weighted by molar-refractivity contribution is 5.88. The number of hydrogen-bond donors (Lipinski definition) is 0. The van der Waals surface area contributed by atoms with Crippen LogP contribution >= 0.6 is 0 Å². The van der Waals surface area contributed by atoms with Crippen LogP contribution in [0.2, 0.25) is 0 Å². The third kappa shape index (κ3) is 5.16. The standard InChI is InChI=1S/C16H24N4O4/c1-12(23-14(21)13-9-17-11-18-10-13)19-5-7-20(8-6-19)15(22)24-16(2,3)4/h9-12H,5-8H2,1-4H3. The number of aromatic nitrogens is 2. The molecule has 1 fully saturated rings. The van der Waals surface area contributed by atoms with Gasteiger partial charge in [0.05, 0.1) is 5.56 Å². The quantitative estimate of drug-likeness (QED) is 0.774. The second kappa shape index (κ2) is 7.57. The summed E-state index contributed by atoms with van der Waals surface area (Å²) in [5, 5.41) is 0. The monoisotopic (exact) mass is 336 g/mol. The van der Waals surface area contributed by atoms with Crippen LogP contribution in [0.1, 0.15) is 38.1 Å². The second-order valence-electron chi connectivity index (χ2n) is 6.64. The molecule has 8 nitrogen and oxygen atoms in total. The van der Waals surface area contributed by atoms with Crippen molar-refractivity contribution >= 4 is 12.1 Å². The van der Waals surface area contributed by atoms with Crippen LogP contribution in [0.4, 0.5) is 4.79 Å². The number of hydrogen-bond acceptors (Lipinski definition) is 7. The van der Waals surface area contributed by atoms with Gasteiger partial charge in [0.2, 0.25) is 0 Å². The number of nitrogens with zero attached hydrogens (tertiary/aromatic N) is 4. The summed E-state index contributed by atoms with van der Waals surface area (Å²) in [6.07, 6.45) is 3.49. The van der Waals surface area contributed by atoms with Crippen LogP contribution in [0.3, 0.4) is 0 Å². The maximum atomic E-state index is 12.0. The highest BCUT2D eigenvalue weighted by atomic mass is 16.6. The van der Waals surface area contributed by atoms with Gasteiger partial charge in [-0.25, -0.2) is 19.6 Å². The summed E-state index contributed by atoms with van der Waals surface area (Å²) in [6.45, 7) is 9.63. The lowest BCUT2D eigenvalue weighted by atomic mass is 10.2. The molecule has 0 N–H and O–H groups in total. The minimum atomic E-state index is -0.505. The molecule has 1 aliphatic rings. The lowest BCUT2D eigenvalue weighted by Gasteiger charge is -2.37. The highest BCUT2D eigenvalue weighted by Gasteiger charge is 2.28. The zero-order valence-corrected chi connectivity index (χ0v) is 14.6. The average molecular weight is 336 g/mol. The molecule has 1 aromatic rings. The summed E-state index contributed by atoms with van der Waals surface area (Å²) in [7, 11) is 0. The van der Waals surface area contributed by atoms with Crippen molar-refractivity contribution in [3.63, 3.8) is 0 Å². The first-order valence-corrected chi connectivity index (χ1v) is 7.94. The Balaban J connectivity index is 1.81. The predicted octanol–water partition coefficient (Wildman–Crippen LogP) is 1.53. The van der Waals surface area contributed by atoms with E-state index in [0.29, 0.717) is 31.7 Å². The van der Waals surface area contributed by atoms with E-state index in [0.717, 1.165) is 0 Å². The van der Waals surface area contributed by atoms with Crippen LogP contribution in [0.25, 0.3) is 0 Å². The Morgan fingerprint density at radius 3 is 2.25 bits per heavy atom. The fourth-order valence-electron chi connectivity index (χ4n) is 2.30. The molecule has 8 heteroatoms. The fraction of sp³-hybridized carbons (Fsp3) is 0.625. The molecule has 0 aromatic carbocycles. The Bertz CT molecular complexity index is 565. The van der Waals surface area contributed by atoms with Crippen molar-refractivity contribution in [1.29, 1.82) is 0 Å². The number of ether oxygens (including phenoxy) is 2. The van der Waals surface area contributed by atoms with E-state index < -0.39 is 17.8 Å². The van der Waals surface area contributed by atoms with Crippen molar-refractivity contribution in [2.24, 2.45) is 0 Å². The summed E-state index contributed by atoms with van der Waals surface area (Å²) in [5.41, 5.74) is -0.189. The molecule has 1 aromatic heterocycles. The van der Waals surface area contributed by atoms with Crippen molar-refractivity contribution in [3.8, 4) is 0 Å². The van der Waals surface area contributed by atoms with Crippen LogP contribution < -0.4 is 0 Å². The number of esters is 1. The molecule has 0 bridgehead atoms. The van der Waals surface area contributed by atoms with Gasteiger partial charge in [0, 0.05) is 38.6 Å². The van der Waals surface area contributed by atoms with Crippen LogP contribution in [0.5, 0.6) is 0 Å². The summed E-state index contributed by atoms with van der Waals surface area (Å²) >= 11 is 0. The van der Waals surface area contributed by atoms with Gasteiger partial charge < -0.3 is 14.4 Å². The smallest absolute Gasteiger partial charge is 0.410 e. The molecule has 0 aliphatic carbocycles. The first-order valence-electron chi connectivity index (χ1n) is 7.94. The van der Waals surface area contributed by atoms with Gasteiger partial charge in [-0.15, -0.1) is 0 Å². The molecule has 1 atom stereocenters. The van der Waals surface area contributed by atoms with E-state index in [1.165, 1.54) is 18.7 Å². The summed E-state index contributed by atoms with van der Waals surface area (Å²) < 4.78 is 10.8. The zero-order chi connectivity index (χ0) is 17.7. The normalized spacial score (nSPS) is 17.2. The zero-order valence-electron chi connectivity index (χ0n) is 14.6. The first kappa shape index (κ1) is 18.1. The molecule has 132 valence electrons. The number of rotatable bonds is 3. The van der Waals surface area contributed by atoms with Crippen molar-refractivity contribution in [2.45, 2.75) is 39.5 Å². The molecule has 1 saturated heterocycles. The van der Waals surface area contributed by atoms with Crippen molar-refractivity contribution in [3.05, 3.63) is 24.3 Å². The number of piperazine rings is 1. The molecular weight excluding hydrogens is 312 g/mol. The van der Waals surface area contributed by atoms with Crippen LogP contribution in [-0.4, -0.2) is 69.8 Å². The van der Waals surface area contributed by atoms with Crippen molar-refractivity contribution in [2.75, 3.05) is 26.2 Å². The molecule has 1 amide bonds. The topological polar surface area (TPSA) is 84.9 Å².